The molecule has 0 amide bonds. The van der Waals surface area contributed by atoms with Crippen LogP contribution in [-0.2, 0) is 0 Å². The number of rotatable bonds is 5. The van der Waals surface area contributed by atoms with Gasteiger partial charge in [-0.2, -0.15) is 0 Å². The summed E-state index contributed by atoms with van der Waals surface area (Å²) in [4.78, 5) is 0. The summed E-state index contributed by atoms with van der Waals surface area (Å²) in [6.07, 6.45) is 15.8. The van der Waals surface area contributed by atoms with E-state index >= 15 is 0 Å². The second-order valence-corrected chi connectivity index (χ2v) is 11.0. The van der Waals surface area contributed by atoms with Gasteiger partial charge < -0.3 is 10.2 Å². The highest BCUT2D eigenvalue weighted by atomic mass is 16.3. The zero-order chi connectivity index (χ0) is 22.1. The van der Waals surface area contributed by atoms with Crippen molar-refractivity contribution in [2.24, 2.45) is 35.0 Å². The highest BCUT2D eigenvalue weighted by Gasteiger charge is 2.50. The number of aliphatic hydroxyl groups excluding tert-OH is 2. The molecule has 2 nitrogen and oxygen atoms in total. The van der Waals surface area contributed by atoms with Crippen molar-refractivity contribution in [1.29, 1.82) is 0 Å². The van der Waals surface area contributed by atoms with E-state index in [-0.39, 0.29) is 0 Å². The van der Waals surface area contributed by atoms with Crippen LogP contribution in [-0.4, -0.2) is 22.4 Å². The van der Waals surface area contributed by atoms with E-state index in [2.05, 4.69) is 65.5 Å². The van der Waals surface area contributed by atoms with Crippen LogP contribution in [0.1, 0.15) is 79.6 Å². The molecule has 0 aromatic heterocycles. The molecule has 0 aromatic rings. The Morgan fingerprint density at radius 2 is 1.80 bits per heavy atom. The number of aliphatic hydroxyl groups is 2. The summed E-state index contributed by atoms with van der Waals surface area (Å²) < 4.78 is 0. The van der Waals surface area contributed by atoms with Gasteiger partial charge in [0.25, 0.3) is 0 Å². The average molecular weight is 413 g/mol. The Balaban J connectivity index is 1.76. The van der Waals surface area contributed by atoms with Crippen LogP contribution in [0, 0.1) is 35.0 Å². The quantitative estimate of drug-likeness (QED) is 0.499. The van der Waals surface area contributed by atoms with Gasteiger partial charge in [-0.1, -0.05) is 71.1 Å². The summed E-state index contributed by atoms with van der Waals surface area (Å²) in [6, 6.07) is 0. The summed E-state index contributed by atoms with van der Waals surface area (Å²) in [5, 5.41) is 20.2. The number of hydrogen-bond donors (Lipinski definition) is 2. The molecular weight excluding hydrogens is 368 g/mol. The molecule has 0 aliphatic heterocycles. The first-order valence-electron chi connectivity index (χ1n) is 12.3. The van der Waals surface area contributed by atoms with Crippen LogP contribution in [0.15, 0.2) is 47.6 Å². The molecule has 3 aliphatic rings. The minimum Gasteiger partial charge on any atom is -0.393 e. The third-order valence-electron chi connectivity index (χ3n) is 8.71. The Morgan fingerprint density at radius 1 is 1.07 bits per heavy atom. The largest absolute Gasteiger partial charge is 0.393 e. The van der Waals surface area contributed by atoms with Crippen molar-refractivity contribution in [3.05, 3.63) is 47.6 Å². The van der Waals surface area contributed by atoms with Crippen LogP contribution in [0.2, 0.25) is 0 Å². The Labute approximate surface area is 184 Å². The van der Waals surface area contributed by atoms with Gasteiger partial charge in [0, 0.05) is 6.42 Å². The van der Waals surface area contributed by atoms with Gasteiger partial charge in [-0.25, -0.2) is 0 Å². The normalized spacial score (nSPS) is 39.8. The number of hydrogen-bond acceptors (Lipinski definition) is 2. The van der Waals surface area contributed by atoms with Gasteiger partial charge in [0.2, 0.25) is 0 Å². The fourth-order valence-electron chi connectivity index (χ4n) is 6.32. The molecule has 3 fully saturated rings. The summed E-state index contributed by atoms with van der Waals surface area (Å²) in [6.45, 7) is 16.0. The lowest BCUT2D eigenvalue weighted by atomic mass is 9.61. The van der Waals surface area contributed by atoms with Crippen molar-refractivity contribution in [3.63, 3.8) is 0 Å². The second-order valence-electron chi connectivity index (χ2n) is 11.0. The molecule has 2 heteroatoms. The third kappa shape index (κ3) is 4.86. The van der Waals surface area contributed by atoms with E-state index in [1.165, 1.54) is 32.1 Å². The standard InChI is InChI=1S/C28H44O2/c1-18(2)19(3)9-10-20(4)25-13-14-26-22(8-7-15-28(25,26)6)11-12-23-16-24(29)17-27(30)21(23)5/h9-12,18-20,24-27,29-30H,5,7-8,13-17H2,1-4,6H3/b10-9+,22-11+,23-12-/t19-,20-,24-,25-,26+,27+,28-/m1/s1. The van der Waals surface area contributed by atoms with Crippen LogP contribution in [0.25, 0.3) is 0 Å². The Morgan fingerprint density at radius 3 is 2.50 bits per heavy atom. The van der Waals surface area contributed by atoms with Crippen LogP contribution in [0.4, 0.5) is 0 Å². The molecule has 3 rings (SSSR count). The number of fused-ring (bicyclic) bond motifs is 1. The van der Waals surface area contributed by atoms with Crippen molar-refractivity contribution in [2.75, 3.05) is 0 Å². The molecule has 0 radical (unpaired) electrons. The van der Waals surface area contributed by atoms with Gasteiger partial charge in [-0.3, -0.25) is 0 Å². The lowest BCUT2D eigenvalue weighted by Gasteiger charge is -2.44. The first-order chi connectivity index (χ1) is 14.1. The topological polar surface area (TPSA) is 40.5 Å². The minimum absolute atomic E-state index is 0.385. The maximum Gasteiger partial charge on any atom is 0.0811 e. The van der Waals surface area contributed by atoms with Crippen molar-refractivity contribution >= 4 is 0 Å². The smallest absolute Gasteiger partial charge is 0.0811 e. The fourth-order valence-corrected chi connectivity index (χ4v) is 6.32. The zero-order valence-electron chi connectivity index (χ0n) is 19.9. The Hall–Kier alpha value is -1.12. The van der Waals surface area contributed by atoms with Gasteiger partial charge in [-0.15, -0.1) is 0 Å². The molecule has 7 atom stereocenters. The van der Waals surface area contributed by atoms with E-state index in [1.807, 2.05) is 0 Å². The Kier molecular flexibility index (Phi) is 7.51. The van der Waals surface area contributed by atoms with Crippen molar-refractivity contribution in [2.45, 2.75) is 91.8 Å². The van der Waals surface area contributed by atoms with E-state index in [0.29, 0.717) is 41.9 Å². The zero-order valence-corrected chi connectivity index (χ0v) is 19.9. The van der Waals surface area contributed by atoms with Gasteiger partial charge >= 0.3 is 0 Å². The van der Waals surface area contributed by atoms with Crippen LogP contribution in [0.3, 0.4) is 0 Å². The van der Waals surface area contributed by atoms with E-state index in [9.17, 15) is 10.2 Å². The monoisotopic (exact) mass is 412 g/mol. The molecule has 0 spiro atoms. The molecular formula is C28H44O2. The second kappa shape index (κ2) is 9.57. The molecule has 0 heterocycles. The maximum absolute atomic E-state index is 10.1. The number of allylic oxidation sites excluding steroid dienone is 5. The van der Waals surface area contributed by atoms with Crippen molar-refractivity contribution in [1.82, 2.24) is 0 Å². The molecule has 168 valence electrons. The predicted molar refractivity (Wildman–Crippen MR) is 127 cm³/mol. The minimum atomic E-state index is -0.605. The molecule has 3 saturated carbocycles. The van der Waals surface area contributed by atoms with Gasteiger partial charge in [-0.05, 0) is 84.7 Å². The fraction of sp³-hybridized carbons (Fsp3) is 0.714. The first-order valence-corrected chi connectivity index (χ1v) is 12.3. The molecule has 0 unspecified atom stereocenters. The Bertz CT molecular complexity index is 712. The summed E-state index contributed by atoms with van der Waals surface area (Å²) in [5.41, 5.74) is 3.77. The van der Waals surface area contributed by atoms with Crippen LogP contribution < -0.4 is 0 Å². The average Bonchev–Trinajstić information content (AvgIpc) is 3.04. The van der Waals surface area contributed by atoms with E-state index in [1.54, 1.807) is 5.57 Å². The molecule has 30 heavy (non-hydrogen) atoms. The van der Waals surface area contributed by atoms with E-state index in [4.69, 9.17) is 0 Å². The summed E-state index contributed by atoms with van der Waals surface area (Å²) in [7, 11) is 0. The summed E-state index contributed by atoms with van der Waals surface area (Å²) >= 11 is 0. The van der Waals surface area contributed by atoms with Gasteiger partial charge in [0.1, 0.15) is 0 Å². The predicted octanol–water partition coefficient (Wildman–Crippen LogP) is 6.61. The highest BCUT2D eigenvalue weighted by molar-refractivity contribution is 5.38. The highest BCUT2D eigenvalue weighted by Crippen LogP contribution is 2.59. The lowest BCUT2D eigenvalue weighted by molar-refractivity contribution is 0.0862. The maximum atomic E-state index is 10.1. The third-order valence-corrected chi connectivity index (χ3v) is 8.71. The van der Waals surface area contributed by atoms with Crippen molar-refractivity contribution in [3.8, 4) is 0 Å². The molecule has 0 bridgehead atoms. The SMILES string of the molecule is C=C1/C(=C\C=C2/CCC[C@]3(C)[C@@H]([C@H](C)/C=C/[C@@H](C)C(C)C)CC[C@@H]23)C[C@@H](O)C[C@@H]1O. The molecule has 0 saturated heterocycles. The molecule has 3 aliphatic carbocycles. The van der Waals surface area contributed by atoms with Crippen molar-refractivity contribution < 1.29 is 10.2 Å². The van der Waals surface area contributed by atoms with Crippen LogP contribution in [0.5, 0.6) is 0 Å². The van der Waals surface area contributed by atoms with E-state index in [0.717, 1.165) is 17.1 Å². The van der Waals surface area contributed by atoms with E-state index < -0.39 is 12.2 Å². The first kappa shape index (κ1) is 23.5. The lowest BCUT2D eigenvalue weighted by Crippen LogP contribution is -2.35. The molecule has 2 N–H and O–H groups in total. The summed E-state index contributed by atoms with van der Waals surface area (Å²) in [5.74, 6) is 3.38. The molecule has 0 aromatic carbocycles. The van der Waals surface area contributed by atoms with Gasteiger partial charge in [0.15, 0.2) is 0 Å². The van der Waals surface area contributed by atoms with Gasteiger partial charge in [0.05, 0.1) is 12.2 Å². The van der Waals surface area contributed by atoms with Crippen LogP contribution >= 0.6 is 0 Å².